The van der Waals surface area contributed by atoms with Crippen LogP contribution in [0.4, 0.5) is 8.78 Å². The standard InChI is InChI=1S/C16H19F2NO4/c1-22-6-7-23-9-11-2-4-12(5-3-11)14-13(15(20)21)8-19-10-16(14,17)18/h2-5,19H,6-10H2,1H3,(H,20,21). The number of carbonyl (C=O) groups is 1. The molecule has 1 aliphatic heterocycles. The van der Waals surface area contributed by atoms with E-state index in [1.807, 2.05) is 0 Å². The molecule has 2 N–H and O–H groups in total. The molecule has 0 spiro atoms. The summed E-state index contributed by atoms with van der Waals surface area (Å²) in [6.07, 6.45) is 0. The number of rotatable bonds is 7. The van der Waals surface area contributed by atoms with Gasteiger partial charge in [0.1, 0.15) is 0 Å². The summed E-state index contributed by atoms with van der Waals surface area (Å²) in [5, 5.41) is 11.6. The Morgan fingerprint density at radius 1 is 1.30 bits per heavy atom. The van der Waals surface area contributed by atoms with Gasteiger partial charge < -0.3 is 19.9 Å². The van der Waals surface area contributed by atoms with Crippen LogP contribution in [0.5, 0.6) is 0 Å². The van der Waals surface area contributed by atoms with Crippen LogP contribution in [-0.4, -0.2) is 50.4 Å². The molecule has 0 amide bonds. The molecular weight excluding hydrogens is 308 g/mol. The van der Waals surface area contributed by atoms with Gasteiger partial charge in [0, 0.05) is 19.2 Å². The second kappa shape index (κ2) is 7.63. The zero-order chi connectivity index (χ0) is 16.9. The Bertz CT molecular complexity index is 584. The van der Waals surface area contributed by atoms with Crippen molar-refractivity contribution < 1.29 is 28.2 Å². The van der Waals surface area contributed by atoms with Gasteiger partial charge >= 0.3 is 5.97 Å². The highest BCUT2D eigenvalue weighted by atomic mass is 19.3. The first-order valence-electron chi connectivity index (χ1n) is 7.17. The SMILES string of the molecule is COCCOCc1ccc(C2=C(C(=O)O)CNCC2(F)F)cc1. The third-order valence-electron chi connectivity index (χ3n) is 3.52. The lowest BCUT2D eigenvalue weighted by atomic mass is 9.91. The maximum atomic E-state index is 14.1. The molecule has 0 saturated carbocycles. The minimum absolute atomic E-state index is 0.0812. The molecule has 23 heavy (non-hydrogen) atoms. The van der Waals surface area contributed by atoms with Gasteiger partial charge in [-0.05, 0) is 11.1 Å². The van der Waals surface area contributed by atoms with E-state index in [0.717, 1.165) is 5.56 Å². The molecule has 0 radical (unpaired) electrons. The topological polar surface area (TPSA) is 67.8 Å². The van der Waals surface area contributed by atoms with Gasteiger partial charge in [0.05, 0.1) is 31.9 Å². The fourth-order valence-corrected chi connectivity index (χ4v) is 2.41. The molecule has 1 heterocycles. The largest absolute Gasteiger partial charge is 0.478 e. The van der Waals surface area contributed by atoms with Gasteiger partial charge in [-0.2, -0.15) is 8.78 Å². The normalized spacial score (nSPS) is 17.3. The lowest BCUT2D eigenvalue weighted by Gasteiger charge is -2.28. The highest BCUT2D eigenvalue weighted by molar-refractivity contribution is 5.99. The summed E-state index contributed by atoms with van der Waals surface area (Å²) in [5.74, 6) is -4.55. The van der Waals surface area contributed by atoms with E-state index in [9.17, 15) is 13.6 Å². The van der Waals surface area contributed by atoms with Crippen molar-refractivity contribution in [2.24, 2.45) is 0 Å². The number of nitrogens with one attached hydrogen (secondary N) is 1. The minimum Gasteiger partial charge on any atom is -0.478 e. The zero-order valence-electron chi connectivity index (χ0n) is 12.8. The molecule has 0 unspecified atom stereocenters. The third-order valence-corrected chi connectivity index (χ3v) is 3.52. The summed E-state index contributed by atoms with van der Waals surface area (Å²) in [5.41, 5.74) is 0.315. The van der Waals surface area contributed by atoms with Crippen LogP contribution in [0, 0.1) is 0 Å². The number of carboxylic acid groups (broad SMARTS) is 1. The fourth-order valence-electron chi connectivity index (χ4n) is 2.41. The molecule has 126 valence electrons. The van der Waals surface area contributed by atoms with Crippen molar-refractivity contribution in [3.8, 4) is 0 Å². The monoisotopic (exact) mass is 327 g/mol. The van der Waals surface area contributed by atoms with E-state index in [1.165, 1.54) is 12.1 Å². The van der Waals surface area contributed by atoms with Crippen LogP contribution in [0.2, 0.25) is 0 Å². The number of benzene rings is 1. The van der Waals surface area contributed by atoms with Crippen molar-refractivity contribution in [3.63, 3.8) is 0 Å². The number of carboxylic acids is 1. The number of halogens is 2. The number of alkyl halides is 2. The molecule has 5 nitrogen and oxygen atoms in total. The van der Waals surface area contributed by atoms with Gasteiger partial charge in [0.25, 0.3) is 5.92 Å². The molecule has 7 heteroatoms. The Hall–Kier alpha value is -1.83. The van der Waals surface area contributed by atoms with Gasteiger partial charge in [0.2, 0.25) is 0 Å². The lowest BCUT2D eigenvalue weighted by Crippen LogP contribution is -2.42. The molecule has 1 aromatic carbocycles. The van der Waals surface area contributed by atoms with Crippen LogP contribution in [0.1, 0.15) is 11.1 Å². The average molecular weight is 327 g/mol. The van der Waals surface area contributed by atoms with Crippen molar-refractivity contribution in [3.05, 3.63) is 41.0 Å². The Morgan fingerprint density at radius 3 is 2.61 bits per heavy atom. The van der Waals surface area contributed by atoms with Crippen LogP contribution < -0.4 is 5.32 Å². The molecule has 0 fully saturated rings. The van der Waals surface area contributed by atoms with E-state index in [-0.39, 0.29) is 17.7 Å². The highest BCUT2D eigenvalue weighted by Gasteiger charge is 2.41. The maximum absolute atomic E-state index is 14.1. The van der Waals surface area contributed by atoms with Gasteiger partial charge in [-0.25, -0.2) is 4.79 Å². The second-order valence-corrected chi connectivity index (χ2v) is 5.21. The first kappa shape index (κ1) is 17.5. The van der Waals surface area contributed by atoms with E-state index in [4.69, 9.17) is 14.6 Å². The van der Waals surface area contributed by atoms with Crippen LogP contribution in [0.3, 0.4) is 0 Å². The number of hydrogen-bond donors (Lipinski definition) is 2. The summed E-state index contributed by atoms with van der Waals surface area (Å²) in [4.78, 5) is 11.2. The van der Waals surface area contributed by atoms with Crippen LogP contribution in [0.25, 0.3) is 5.57 Å². The Balaban J connectivity index is 2.20. The first-order valence-corrected chi connectivity index (χ1v) is 7.17. The Kier molecular flexibility index (Phi) is 5.81. The molecule has 0 aliphatic carbocycles. The number of methoxy groups -OCH3 is 1. The van der Waals surface area contributed by atoms with Crippen molar-refractivity contribution >= 4 is 11.5 Å². The molecule has 0 aromatic heterocycles. The van der Waals surface area contributed by atoms with E-state index in [2.05, 4.69) is 5.32 Å². The summed E-state index contributed by atoms with van der Waals surface area (Å²) in [6.45, 7) is 0.609. The zero-order valence-corrected chi connectivity index (χ0v) is 12.8. The summed E-state index contributed by atoms with van der Waals surface area (Å²) < 4.78 is 38.5. The van der Waals surface area contributed by atoms with Crippen molar-refractivity contribution in [1.82, 2.24) is 5.32 Å². The van der Waals surface area contributed by atoms with E-state index in [0.29, 0.717) is 19.8 Å². The maximum Gasteiger partial charge on any atom is 0.333 e. The fraction of sp³-hybridized carbons (Fsp3) is 0.438. The van der Waals surface area contributed by atoms with Crippen LogP contribution in [0.15, 0.2) is 29.8 Å². The van der Waals surface area contributed by atoms with Crippen molar-refractivity contribution in [2.45, 2.75) is 12.5 Å². The van der Waals surface area contributed by atoms with Gasteiger partial charge in [0.15, 0.2) is 0 Å². The summed E-state index contributed by atoms with van der Waals surface area (Å²) in [6, 6.07) is 6.33. The summed E-state index contributed by atoms with van der Waals surface area (Å²) >= 11 is 0. The molecular formula is C16H19F2NO4. The van der Waals surface area contributed by atoms with Gasteiger partial charge in [-0.1, -0.05) is 24.3 Å². The Morgan fingerprint density at radius 2 is 2.00 bits per heavy atom. The molecule has 1 aromatic rings. The number of hydrogen-bond acceptors (Lipinski definition) is 4. The number of ether oxygens (including phenoxy) is 2. The van der Waals surface area contributed by atoms with Gasteiger partial charge in [-0.15, -0.1) is 0 Å². The predicted octanol–water partition coefficient (Wildman–Crippen LogP) is 1.93. The smallest absolute Gasteiger partial charge is 0.333 e. The highest BCUT2D eigenvalue weighted by Crippen LogP contribution is 2.37. The second-order valence-electron chi connectivity index (χ2n) is 5.21. The lowest BCUT2D eigenvalue weighted by molar-refractivity contribution is -0.133. The average Bonchev–Trinajstić information content (AvgIpc) is 2.51. The van der Waals surface area contributed by atoms with Crippen LogP contribution in [-0.2, 0) is 20.9 Å². The number of aliphatic carboxylic acids is 1. The van der Waals surface area contributed by atoms with Gasteiger partial charge in [-0.3, -0.25) is 0 Å². The molecule has 0 saturated heterocycles. The first-order chi connectivity index (χ1) is 11.0. The minimum atomic E-state index is -3.22. The summed E-state index contributed by atoms with van der Waals surface area (Å²) in [7, 11) is 1.57. The Labute approximate surface area is 132 Å². The molecule has 1 aliphatic rings. The van der Waals surface area contributed by atoms with Crippen molar-refractivity contribution in [1.29, 1.82) is 0 Å². The van der Waals surface area contributed by atoms with E-state index in [1.54, 1.807) is 19.2 Å². The molecule has 0 bridgehead atoms. The van der Waals surface area contributed by atoms with Crippen LogP contribution >= 0.6 is 0 Å². The third kappa shape index (κ3) is 4.34. The van der Waals surface area contributed by atoms with E-state index >= 15 is 0 Å². The quantitative estimate of drug-likeness (QED) is 0.749. The molecule has 0 atom stereocenters. The van der Waals surface area contributed by atoms with Crippen molar-refractivity contribution in [2.75, 3.05) is 33.4 Å². The predicted molar refractivity (Wildman–Crippen MR) is 80.3 cm³/mol. The van der Waals surface area contributed by atoms with E-state index < -0.39 is 24.0 Å². The molecule has 2 rings (SSSR count).